The molecule has 0 heterocycles. The van der Waals surface area contributed by atoms with E-state index in [1.165, 1.54) is 51.5 Å². The maximum Gasteiger partial charge on any atom is 0.265 e. The highest BCUT2D eigenvalue weighted by atomic mass is 32.2. The molecule has 0 aliphatic rings. The van der Waals surface area contributed by atoms with Gasteiger partial charge in [0.05, 0.1) is 30.8 Å². The number of sulfonamides is 1. The Morgan fingerprint density at radius 3 is 2.19 bits per heavy atom. The fourth-order valence-electron chi connectivity index (χ4n) is 3.48. The highest BCUT2D eigenvalue weighted by molar-refractivity contribution is 7.92. The van der Waals surface area contributed by atoms with E-state index >= 15 is 0 Å². The van der Waals surface area contributed by atoms with Crippen LogP contribution >= 0.6 is 0 Å². The molecule has 3 aromatic rings. The first-order chi connectivity index (χ1) is 14.7. The Kier molecular flexibility index (Phi) is 6.50. The molecule has 0 N–H and O–H groups in total. The van der Waals surface area contributed by atoms with Gasteiger partial charge in [0.2, 0.25) is 0 Å². The third kappa shape index (κ3) is 4.34. The van der Waals surface area contributed by atoms with Crippen molar-refractivity contribution in [2.45, 2.75) is 24.8 Å². The molecule has 3 aromatic carbocycles. The van der Waals surface area contributed by atoms with Crippen LogP contribution in [-0.2, 0) is 10.0 Å². The van der Waals surface area contributed by atoms with Gasteiger partial charge in [0, 0.05) is 11.6 Å². The number of ether oxygens (including phenoxy) is 2. The minimum atomic E-state index is -4.21. The van der Waals surface area contributed by atoms with Crippen LogP contribution in [-0.4, -0.2) is 22.6 Å². The Hall–Kier alpha value is -3.13. The number of hydrogen-bond donors (Lipinski definition) is 0. The highest BCUT2D eigenvalue weighted by Crippen LogP contribution is 2.39. The Bertz CT molecular complexity index is 1200. The fourth-order valence-corrected chi connectivity index (χ4v) is 5.32. The zero-order valence-electron chi connectivity index (χ0n) is 17.6. The topological polar surface area (TPSA) is 55.8 Å². The molecule has 0 saturated carbocycles. The number of halogens is 2. The number of nitrogens with zero attached hydrogens (tertiary/aromatic N) is 1. The number of aryl methyl sites for hydroxylation is 1. The molecule has 8 heteroatoms. The highest BCUT2D eigenvalue weighted by Gasteiger charge is 2.33. The van der Waals surface area contributed by atoms with Crippen molar-refractivity contribution < 1.29 is 26.7 Å². The lowest BCUT2D eigenvalue weighted by atomic mass is 10.1. The van der Waals surface area contributed by atoms with Crippen LogP contribution in [0.1, 0.15) is 24.1 Å². The molecule has 0 saturated heterocycles. The van der Waals surface area contributed by atoms with Gasteiger partial charge in [0.25, 0.3) is 10.0 Å². The Balaban J connectivity index is 2.25. The van der Waals surface area contributed by atoms with Gasteiger partial charge in [-0.1, -0.05) is 18.2 Å². The molecule has 164 valence electrons. The van der Waals surface area contributed by atoms with Crippen molar-refractivity contribution >= 4 is 15.7 Å². The summed E-state index contributed by atoms with van der Waals surface area (Å²) in [5, 5.41) is 0. The van der Waals surface area contributed by atoms with Crippen molar-refractivity contribution in [3.63, 3.8) is 0 Å². The summed E-state index contributed by atoms with van der Waals surface area (Å²) in [5.41, 5.74) is 0.684. The Morgan fingerprint density at radius 2 is 1.58 bits per heavy atom. The predicted molar refractivity (Wildman–Crippen MR) is 115 cm³/mol. The van der Waals surface area contributed by atoms with E-state index in [-0.39, 0.29) is 21.7 Å². The lowest BCUT2D eigenvalue weighted by molar-refractivity contribution is 0.355. The second-order valence-corrected chi connectivity index (χ2v) is 8.73. The molecule has 0 aromatic heterocycles. The van der Waals surface area contributed by atoms with Crippen molar-refractivity contribution in [1.82, 2.24) is 0 Å². The van der Waals surface area contributed by atoms with E-state index in [0.717, 1.165) is 16.4 Å². The lowest BCUT2D eigenvalue weighted by Gasteiger charge is -2.32. The van der Waals surface area contributed by atoms with Gasteiger partial charge in [0.1, 0.15) is 11.6 Å². The monoisotopic (exact) mass is 447 g/mol. The van der Waals surface area contributed by atoms with Gasteiger partial charge in [-0.05, 0) is 55.8 Å². The van der Waals surface area contributed by atoms with Crippen LogP contribution in [0.3, 0.4) is 0 Å². The summed E-state index contributed by atoms with van der Waals surface area (Å²) in [6.07, 6.45) is 0. The van der Waals surface area contributed by atoms with Crippen LogP contribution in [0.4, 0.5) is 14.5 Å². The summed E-state index contributed by atoms with van der Waals surface area (Å²) in [6.45, 7) is 3.10. The summed E-state index contributed by atoms with van der Waals surface area (Å²) in [5.74, 6) is -0.348. The van der Waals surface area contributed by atoms with Crippen LogP contribution in [0, 0.1) is 18.6 Å². The lowest BCUT2D eigenvalue weighted by Crippen LogP contribution is -2.34. The minimum absolute atomic E-state index is 0.0770. The van der Waals surface area contributed by atoms with Gasteiger partial charge >= 0.3 is 0 Å². The van der Waals surface area contributed by atoms with Crippen molar-refractivity contribution in [2.24, 2.45) is 0 Å². The average Bonchev–Trinajstić information content (AvgIpc) is 2.73. The molecule has 31 heavy (non-hydrogen) atoms. The van der Waals surface area contributed by atoms with Crippen LogP contribution in [0.25, 0.3) is 0 Å². The number of benzene rings is 3. The number of hydrogen-bond acceptors (Lipinski definition) is 4. The molecule has 0 spiro atoms. The van der Waals surface area contributed by atoms with E-state index in [9.17, 15) is 17.2 Å². The molecular formula is C23H23F2NO4S. The normalized spacial score (nSPS) is 12.3. The molecule has 0 fully saturated rings. The molecule has 5 nitrogen and oxygen atoms in total. The molecular weight excluding hydrogens is 424 g/mol. The Morgan fingerprint density at radius 1 is 0.903 bits per heavy atom. The van der Waals surface area contributed by atoms with Crippen molar-refractivity contribution in [3.8, 4) is 11.5 Å². The summed E-state index contributed by atoms with van der Waals surface area (Å²) in [7, 11) is -1.30. The average molecular weight is 448 g/mol. The van der Waals surface area contributed by atoms with Gasteiger partial charge in [-0.3, -0.25) is 4.31 Å². The van der Waals surface area contributed by atoms with Gasteiger partial charge < -0.3 is 9.47 Å². The zero-order valence-corrected chi connectivity index (χ0v) is 18.4. The fraction of sp³-hybridized carbons (Fsp3) is 0.217. The number of anilines is 1. The zero-order chi connectivity index (χ0) is 22.8. The number of methoxy groups -OCH3 is 2. The van der Waals surface area contributed by atoms with Crippen LogP contribution in [0.2, 0.25) is 0 Å². The van der Waals surface area contributed by atoms with Crippen LogP contribution in [0.15, 0.2) is 65.6 Å². The minimum Gasteiger partial charge on any atom is -0.493 e. The van der Waals surface area contributed by atoms with Crippen molar-refractivity contribution in [3.05, 3.63) is 83.4 Å². The summed E-state index contributed by atoms with van der Waals surface area (Å²) < 4.78 is 67.4. The smallest absolute Gasteiger partial charge is 0.265 e. The molecule has 0 aliphatic heterocycles. The first kappa shape index (κ1) is 22.6. The molecule has 0 amide bonds. The largest absolute Gasteiger partial charge is 0.493 e. The SMILES string of the molecule is COc1ccc(N(C(C)c2ccccc2F)S(=O)(=O)c2ccc(F)cc2C)cc1OC. The molecule has 3 rings (SSSR count). The Labute approximate surface area is 180 Å². The van der Waals surface area contributed by atoms with E-state index in [1.54, 1.807) is 25.1 Å². The number of rotatable bonds is 7. The van der Waals surface area contributed by atoms with E-state index in [0.29, 0.717) is 11.5 Å². The predicted octanol–water partition coefficient (Wildman–Crippen LogP) is 5.25. The first-order valence-corrected chi connectivity index (χ1v) is 10.9. The van der Waals surface area contributed by atoms with E-state index in [2.05, 4.69) is 0 Å². The maximum absolute atomic E-state index is 14.6. The second-order valence-electron chi connectivity index (χ2n) is 6.95. The summed E-state index contributed by atoms with van der Waals surface area (Å²) in [4.78, 5) is -0.0770. The first-order valence-electron chi connectivity index (χ1n) is 9.47. The van der Waals surface area contributed by atoms with Gasteiger partial charge in [-0.25, -0.2) is 17.2 Å². The van der Waals surface area contributed by atoms with Crippen LogP contribution < -0.4 is 13.8 Å². The summed E-state index contributed by atoms with van der Waals surface area (Å²) in [6, 6.07) is 13.1. The third-order valence-electron chi connectivity index (χ3n) is 5.00. The molecule has 0 bridgehead atoms. The van der Waals surface area contributed by atoms with E-state index < -0.39 is 27.7 Å². The van der Waals surface area contributed by atoms with Gasteiger partial charge in [-0.15, -0.1) is 0 Å². The quantitative estimate of drug-likeness (QED) is 0.497. The van der Waals surface area contributed by atoms with Crippen LogP contribution in [0.5, 0.6) is 11.5 Å². The standard InChI is InChI=1S/C23H23F2NO4S/c1-15-13-17(24)9-12-23(15)31(27,28)26(16(2)19-7-5-6-8-20(19)25)18-10-11-21(29-3)22(14-18)30-4/h5-14,16H,1-4H3. The van der Waals surface area contributed by atoms with Crippen molar-refractivity contribution in [1.29, 1.82) is 0 Å². The molecule has 0 radical (unpaired) electrons. The van der Waals surface area contributed by atoms with E-state index in [4.69, 9.17) is 9.47 Å². The van der Waals surface area contributed by atoms with Gasteiger partial charge in [-0.2, -0.15) is 0 Å². The molecule has 1 atom stereocenters. The summed E-state index contributed by atoms with van der Waals surface area (Å²) >= 11 is 0. The maximum atomic E-state index is 14.6. The third-order valence-corrected chi connectivity index (χ3v) is 7.06. The van der Waals surface area contributed by atoms with E-state index in [1.807, 2.05) is 0 Å². The van der Waals surface area contributed by atoms with Crippen molar-refractivity contribution in [2.75, 3.05) is 18.5 Å². The molecule has 1 unspecified atom stereocenters. The molecule has 0 aliphatic carbocycles. The van der Waals surface area contributed by atoms with Gasteiger partial charge in [0.15, 0.2) is 11.5 Å². The second kappa shape index (κ2) is 8.93.